The standard InChI is InChI=1S/C11H20O3/c1-3-5-9(12)7-11(14)8-10(13)6-4-2/h3-4,9-14H,1-2,5-8H2/t9-,10?,11?/m0/s1. The van der Waals surface area contributed by atoms with Crippen molar-refractivity contribution < 1.29 is 15.3 Å². The van der Waals surface area contributed by atoms with Crippen LogP contribution < -0.4 is 0 Å². The van der Waals surface area contributed by atoms with Gasteiger partial charge in [0.2, 0.25) is 0 Å². The van der Waals surface area contributed by atoms with Crippen LogP contribution in [0.3, 0.4) is 0 Å². The summed E-state index contributed by atoms with van der Waals surface area (Å²) in [7, 11) is 0. The first-order valence-corrected chi connectivity index (χ1v) is 4.86. The summed E-state index contributed by atoms with van der Waals surface area (Å²) in [6.45, 7) is 6.99. The van der Waals surface area contributed by atoms with Gasteiger partial charge in [0.25, 0.3) is 0 Å². The Balaban J connectivity index is 3.67. The van der Waals surface area contributed by atoms with Crippen molar-refractivity contribution in [3.8, 4) is 0 Å². The Hall–Kier alpha value is -0.640. The molecule has 0 radical (unpaired) electrons. The van der Waals surface area contributed by atoms with Crippen LogP contribution in [0.4, 0.5) is 0 Å². The second-order valence-electron chi connectivity index (χ2n) is 3.48. The van der Waals surface area contributed by atoms with Crippen molar-refractivity contribution in [3.63, 3.8) is 0 Å². The summed E-state index contributed by atoms with van der Waals surface area (Å²) < 4.78 is 0. The van der Waals surface area contributed by atoms with Crippen LogP contribution in [0.5, 0.6) is 0 Å². The zero-order valence-electron chi connectivity index (χ0n) is 8.47. The van der Waals surface area contributed by atoms with Gasteiger partial charge in [-0.2, -0.15) is 0 Å². The van der Waals surface area contributed by atoms with Crippen LogP contribution in [-0.4, -0.2) is 33.6 Å². The van der Waals surface area contributed by atoms with Gasteiger partial charge in [0, 0.05) is 0 Å². The molecule has 2 unspecified atom stereocenters. The number of hydrogen-bond donors (Lipinski definition) is 3. The van der Waals surface area contributed by atoms with E-state index in [1.165, 1.54) is 0 Å². The molecular formula is C11H20O3. The minimum atomic E-state index is -0.667. The van der Waals surface area contributed by atoms with E-state index in [2.05, 4.69) is 13.2 Å². The first kappa shape index (κ1) is 13.4. The first-order chi connectivity index (χ1) is 6.60. The minimum Gasteiger partial charge on any atom is -0.393 e. The van der Waals surface area contributed by atoms with E-state index in [9.17, 15) is 15.3 Å². The summed E-state index contributed by atoms with van der Waals surface area (Å²) in [6.07, 6.45) is 2.90. The highest BCUT2D eigenvalue weighted by Crippen LogP contribution is 2.10. The third-order valence-electron chi connectivity index (χ3n) is 1.97. The Morgan fingerprint density at radius 2 is 1.14 bits per heavy atom. The molecule has 3 nitrogen and oxygen atoms in total. The molecule has 0 aliphatic heterocycles. The van der Waals surface area contributed by atoms with Crippen LogP contribution in [0, 0.1) is 0 Å². The Kier molecular flexibility index (Phi) is 7.38. The van der Waals surface area contributed by atoms with Gasteiger partial charge in [-0.05, 0) is 25.7 Å². The molecule has 0 aromatic heterocycles. The first-order valence-electron chi connectivity index (χ1n) is 4.86. The normalized spacial score (nSPS) is 17.1. The smallest absolute Gasteiger partial charge is 0.0599 e. The zero-order valence-corrected chi connectivity index (χ0v) is 8.47. The van der Waals surface area contributed by atoms with Gasteiger partial charge in [-0.1, -0.05) is 12.2 Å². The molecule has 0 saturated heterocycles. The molecule has 82 valence electrons. The van der Waals surface area contributed by atoms with Crippen molar-refractivity contribution in [2.24, 2.45) is 0 Å². The lowest BCUT2D eigenvalue weighted by Gasteiger charge is -2.16. The molecular weight excluding hydrogens is 180 g/mol. The quantitative estimate of drug-likeness (QED) is 0.512. The van der Waals surface area contributed by atoms with Gasteiger partial charge in [-0.25, -0.2) is 0 Å². The third kappa shape index (κ3) is 6.83. The lowest BCUT2D eigenvalue weighted by atomic mass is 10.0. The molecule has 0 saturated carbocycles. The fourth-order valence-electron chi connectivity index (χ4n) is 1.30. The molecule has 0 aliphatic rings. The second-order valence-corrected chi connectivity index (χ2v) is 3.48. The zero-order chi connectivity index (χ0) is 11.0. The highest BCUT2D eigenvalue weighted by atomic mass is 16.3. The van der Waals surface area contributed by atoms with Gasteiger partial charge >= 0.3 is 0 Å². The fraction of sp³-hybridized carbons (Fsp3) is 0.636. The second kappa shape index (κ2) is 7.74. The lowest BCUT2D eigenvalue weighted by Crippen LogP contribution is -2.22. The maximum absolute atomic E-state index is 9.45. The van der Waals surface area contributed by atoms with Gasteiger partial charge in [-0.3, -0.25) is 0 Å². The Bertz CT molecular complexity index is 150. The van der Waals surface area contributed by atoms with E-state index in [4.69, 9.17) is 0 Å². The molecule has 0 aromatic carbocycles. The van der Waals surface area contributed by atoms with Crippen LogP contribution in [0.2, 0.25) is 0 Å². The predicted octanol–water partition coefficient (Wildman–Crippen LogP) is 1.00. The van der Waals surface area contributed by atoms with Crippen LogP contribution >= 0.6 is 0 Å². The largest absolute Gasteiger partial charge is 0.393 e. The maximum atomic E-state index is 9.45. The Morgan fingerprint density at radius 1 is 0.786 bits per heavy atom. The molecule has 0 bridgehead atoms. The van der Waals surface area contributed by atoms with Crippen molar-refractivity contribution in [1.29, 1.82) is 0 Å². The lowest BCUT2D eigenvalue weighted by molar-refractivity contribution is 0.0417. The Labute approximate surface area is 85.4 Å². The average Bonchev–Trinajstić information content (AvgIpc) is 2.03. The number of aliphatic hydroxyl groups excluding tert-OH is 3. The number of aliphatic hydroxyl groups is 3. The average molecular weight is 200 g/mol. The SMILES string of the molecule is C=CCC(O)CC(O)C[C@@H](O)CC=C. The topological polar surface area (TPSA) is 60.7 Å². The van der Waals surface area contributed by atoms with E-state index in [1.807, 2.05) is 0 Å². The Morgan fingerprint density at radius 3 is 1.43 bits per heavy atom. The summed E-state index contributed by atoms with van der Waals surface area (Å²) in [6, 6.07) is 0. The van der Waals surface area contributed by atoms with E-state index in [1.54, 1.807) is 12.2 Å². The van der Waals surface area contributed by atoms with E-state index in [-0.39, 0.29) is 12.8 Å². The van der Waals surface area contributed by atoms with Crippen molar-refractivity contribution >= 4 is 0 Å². The van der Waals surface area contributed by atoms with Crippen LogP contribution in [0.1, 0.15) is 25.7 Å². The van der Waals surface area contributed by atoms with E-state index in [0.717, 1.165) is 0 Å². The highest BCUT2D eigenvalue weighted by Gasteiger charge is 2.14. The molecule has 14 heavy (non-hydrogen) atoms. The van der Waals surface area contributed by atoms with Gasteiger partial charge in [-0.15, -0.1) is 13.2 Å². The minimum absolute atomic E-state index is 0.278. The van der Waals surface area contributed by atoms with Crippen molar-refractivity contribution in [1.82, 2.24) is 0 Å². The van der Waals surface area contributed by atoms with Gasteiger partial charge < -0.3 is 15.3 Å². The maximum Gasteiger partial charge on any atom is 0.0599 e. The predicted molar refractivity (Wildman–Crippen MR) is 56.9 cm³/mol. The molecule has 0 amide bonds. The summed E-state index contributed by atoms with van der Waals surface area (Å²) in [5.74, 6) is 0. The van der Waals surface area contributed by atoms with E-state index < -0.39 is 18.3 Å². The molecule has 0 aliphatic carbocycles. The molecule has 3 heteroatoms. The summed E-state index contributed by atoms with van der Waals surface area (Å²) >= 11 is 0. The van der Waals surface area contributed by atoms with Crippen LogP contribution in [-0.2, 0) is 0 Å². The fourth-order valence-corrected chi connectivity index (χ4v) is 1.30. The van der Waals surface area contributed by atoms with Gasteiger partial charge in [0.1, 0.15) is 0 Å². The number of rotatable bonds is 8. The van der Waals surface area contributed by atoms with E-state index in [0.29, 0.717) is 12.8 Å². The molecule has 0 fully saturated rings. The monoisotopic (exact) mass is 200 g/mol. The van der Waals surface area contributed by atoms with Crippen LogP contribution in [0.25, 0.3) is 0 Å². The molecule has 3 atom stereocenters. The van der Waals surface area contributed by atoms with Crippen molar-refractivity contribution in [2.45, 2.75) is 44.0 Å². The van der Waals surface area contributed by atoms with Crippen LogP contribution in [0.15, 0.2) is 25.3 Å². The molecule has 0 aromatic rings. The molecule has 3 N–H and O–H groups in total. The summed E-state index contributed by atoms with van der Waals surface area (Å²) in [5, 5.41) is 28.1. The van der Waals surface area contributed by atoms with Crippen molar-refractivity contribution in [3.05, 3.63) is 25.3 Å². The highest BCUT2D eigenvalue weighted by molar-refractivity contribution is 4.78. The van der Waals surface area contributed by atoms with Crippen molar-refractivity contribution in [2.75, 3.05) is 0 Å². The van der Waals surface area contributed by atoms with E-state index >= 15 is 0 Å². The molecule has 0 heterocycles. The van der Waals surface area contributed by atoms with Gasteiger partial charge in [0.15, 0.2) is 0 Å². The summed E-state index contributed by atoms with van der Waals surface area (Å²) in [5.41, 5.74) is 0. The number of hydrogen-bond acceptors (Lipinski definition) is 3. The van der Waals surface area contributed by atoms with Gasteiger partial charge in [0.05, 0.1) is 18.3 Å². The molecule has 0 rings (SSSR count). The summed E-state index contributed by atoms with van der Waals surface area (Å²) in [4.78, 5) is 0. The molecule has 0 spiro atoms. The third-order valence-corrected chi connectivity index (χ3v) is 1.97.